The maximum absolute atomic E-state index is 12.5. The summed E-state index contributed by atoms with van der Waals surface area (Å²) in [5.41, 5.74) is 1.69. The minimum atomic E-state index is -0.176. The van der Waals surface area contributed by atoms with Crippen molar-refractivity contribution >= 4 is 10.9 Å². The molecule has 4 rings (SSSR count). The molecule has 0 atom stereocenters. The quantitative estimate of drug-likeness (QED) is 0.691. The van der Waals surface area contributed by atoms with Crippen molar-refractivity contribution in [1.29, 1.82) is 0 Å². The molecule has 2 N–H and O–H groups in total. The molecule has 29 heavy (non-hydrogen) atoms. The number of methoxy groups -OCH3 is 2. The lowest BCUT2D eigenvalue weighted by molar-refractivity contribution is 0.200. The first-order valence-electron chi connectivity index (χ1n) is 9.73. The summed E-state index contributed by atoms with van der Waals surface area (Å²) in [5.74, 6) is 2.51. The average Bonchev–Trinajstić information content (AvgIpc) is 2.74. The van der Waals surface area contributed by atoms with Crippen molar-refractivity contribution in [2.45, 2.75) is 25.3 Å². The monoisotopic (exact) mass is 395 g/mol. The lowest BCUT2D eigenvalue weighted by atomic mass is 9.89. The first kappa shape index (κ1) is 19.3. The molecule has 1 aliphatic rings. The largest absolute Gasteiger partial charge is 0.508 e. The van der Waals surface area contributed by atoms with Crippen molar-refractivity contribution in [2.75, 3.05) is 27.3 Å². The zero-order valence-corrected chi connectivity index (χ0v) is 16.6. The highest BCUT2D eigenvalue weighted by molar-refractivity contribution is 5.81. The summed E-state index contributed by atoms with van der Waals surface area (Å²) in [6.07, 6.45) is 2.07. The number of likely N-dealkylation sites (tertiary alicyclic amines) is 1. The number of rotatable bonds is 5. The van der Waals surface area contributed by atoms with Crippen molar-refractivity contribution < 1.29 is 14.6 Å². The second-order valence-electron chi connectivity index (χ2n) is 7.38. The highest BCUT2D eigenvalue weighted by Gasteiger charge is 2.21. The number of fused-ring (bicyclic) bond motifs is 1. The number of benzene rings is 2. The Balaban J connectivity index is 1.48. The number of piperidine rings is 1. The van der Waals surface area contributed by atoms with Crippen molar-refractivity contribution in [1.82, 2.24) is 14.9 Å². The minimum absolute atomic E-state index is 0.176. The number of phenols is 1. The lowest BCUT2D eigenvalue weighted by Gasteiger charge is -2.31. The summed E-state index contributed by atoms with van der Waals surface area (Å²) >= 11 is 0. The molecular formula is C22H25N3O4. The fraction of sp³-hybridized carbons (Fsp3) is 0.364. The molecule has 152 valence electrons. The van der Waals surface area contributed by atoms with Crippen LogP contribution in [0.25, 0.3) is 10.9 Å². The average molecular weight is 395 g/mol. The van der Waals surface area contributed by atoms with E-state index in [1.807, 2.05) is 12.1 Å². The molecule has 1 aromatic heterocycles. The van der Waals surface area contributed by atoms with E-state index in [-0.39, 0.29) is 5.56 Å². The number of nitrogens with zero attached hydrogens (tertiary/aromatic N) is 2. The molecule has 0 bridgehead atoms. The number of ether oxygens (including phenoxy) is 2. The Labute approximate surface area is 168 Å². The topological polar surface area (TPSA) is 87.7 Å². The maximum Gasteiger partial charge on any atom is 0.258 e. The van der Waals surface area contributed by atoms with Crippen LogP contribution < -0.4 is 15.0 Å². The van der Waals surface area contributed by atoms with E-state index in [1.54, 1.807) is 38.5 Å². The highest BCUT2D eigenvalue weighted by atomic mass is 16.5. The maximum atomic E-state index is 12.5. The molecule has 0 unspecified atom stereocenters. The molecule has 2 aromatic carbocycles. The summed E-state index contributed by atoms with van der Waals surface area (Å²) in [6.45, 7) is 2.46. The smallest absolute Gasteiger partial charge is 0.258 e. The van der Waals surface area contributed by atoms with Crippen LogP contribution in [0.2, 0.25) is 0 Å². The van der Waals surface area contributed by atoms with Crippen molar-refractivity contribution in [3.8, 4) is 17.2 Å². The second-order valence-corrected chi connectivity index (χ2v) is 7.38. The van der Waals surface area contributed by atoms with Gasteiger partial charge in [-0.15, -0.1) is 0 Å². The van der Waals surface area contributed by atoms with Gasteiger partial charge in [-0.2, -0.15) is 0 Å². The van der Waals surface area contributed by atoms with Gasteiger partial charge in [0.1, 0.15) is 11.6 Å². The van der Waals surface area contributed by atoms with Gasteiger partial charge >= 0.3 is 0 Å². The predicted octanol–water partition coefficient (Wildman–Crippen LogP) is 3.03. The van der Waals surface area contributed by atoms with Gasteiger partial charge in [-0.25, -0.2) is 4.98 Å². The summed E-state index contributed by atoms with van der Waals surface area (Å²) in [6, 6.07) is 10.9. The number of hydrogen-bond acceptors (Lipinski definition) is 6. The molecule has 0 amide bonds. The first-order chi connectivity index (χ1) is 14.1. The van der Waals surface area contributed by atoms with Gasteiger partial charge in [-0.1, -0.05) is 12.1 Å². The molecule has 7 nitrogen and oxygen atoms in total. The van der Waals surface area contributed by atoms with Gasteiger partial charge in [0.05, 0.1) is 31.7 Å². The normalized spacial score (nSPS) is 15.5. The van der Waals surface area contributed by atoms with Crippen LogP contribution in [-0.4, -0.2) is 47.3 Å². The van der Waals surface area contributed by atoms with Gasteiger partial charge in [-0.05, 0) is 55.6 Å². The van der Waals surface area contributed by atoms with Gasteiger partial charge < -0.3 is 19.6 Å². The van der Waals surface area contributed by atoms with Gasteiger partial charge in [0.2, 0.25) is 0 Å². The molecule has 0 spiro atoms. The van der Waals surface area contributed by atoms with E-state index < -0.39 is 0 Å². The Morgan fingerprint density at radius 2 is 1.76 bits per heavy atom. The third kappa shape index (κ3) is 4.05. The highest BCUT2D eigenvalue weighted by Crippen LogP contribution is 2.31. The molecule has 0 saturated carbocycles. The Hall–Kier alpha value is -3.06. The number of H-pyrrole nitrogens is 1. The lowest BCUT2D eigenvalue weighted by Crippen LogP contribution is -2.33. The van der Waals surface area contributed by atoms with Gasteiger partial charge in [0.15, 0.2) is 11.5 Å². The Morgan fingerprint density at radius 1 is 1.10 bits per heavy atom. The summed E-state index contributed by atoms with van der Waals surface area (Å²) in [5, 5.41) is 9.95. The van der Waals surface area contributed by atoms with Crippen LogP contribution in [-0.2, 0) is 6.54 Å². The molecule has 1 saturated heterocycles. The minimum Gasteiger partial charge on any atom is -0.508 e. The van der Waals surface area contributed by atoms with Crippen LogP contribution in [0.15, 0.2) is 41.2 Å². The number of aromatic nitrogens is 2. The fourth-order valence-electron chi connectivity index (χ4n) is 3.97. The summed E-state index contributed by atoms with van der Waals surface area (Å²) in [4.78, 5) is 22.4. The molecule has 2 heterocycles. The second kappa shape index (κ2) is 8.13. The van der Waals surface area contributed by atoms with E-state index in [0.717, 1.165) is 25.9 Å². The van der Waals surface area contributed by atoms with E-state index >= 15 is 0 Å². The molecule has 3 aromatic rings. The number of aromatic amines is 1. The van der Waals surface area contributed by atoms with Crippen LogP contribution in [0.1, 0.15) is 30.1 Å². The molecule has 0 aliphatic carbocycles. The Bertz CT molecular complexity index is 1050. The molecular weight excluding hydrogens is 370 g/mol. The SMILES string of the molecule is COc1cc2nc(CN3CCC(c4ccc(O)cc4)CC3)[nH]c(=O)c2cc1OC. The van der Waals surface area contributed by atoms with Gasteiger partial charge in [0.25, 0.3) is 5.56 Å². The number of hydrogen-bond donors (Lipinski definition) is 2. The van der Waals surface area contributed by atoms with Crippen molar-refractivity contribution in [2.24, 2.45) is 0 Å². The Kier molecular flexibility index (Phi) is 5.40. The summed E-state index contributed by atoms with van der Waals surface area (Å²) < 4.78 is 10.6. The third-order valence-corrected chi connectivity index (χ3v) is 5.59. The molecule has 1 aliphatic heterocycles. The molecule has 0 radical (unpaired) electrons. The Morgan fingerprint density at radius 3 is 2.41 bits per heavy atom. The van der Waals surface area contributed by atoms with Crippen LogP contribution >= 0.6 is 0 Å². The van der Waals surface area contributed by atoms with Crippen molar-refractivity contribution in [3.63, 3.8) is 0 Å². The van der Waals surface area contributed by atoms with Gasteiger partial charge in [-0.3, -0.25) is 9.69 Å². The number of aromatic hydroxyl groups is 1. The zero-order valence-electron chi connectivity index (χ0n) is 16.6. The first-order valence-corrected chi connectivity index (χ1v) is 9.73. The molecule has 7 heteroatoms. The fourth-order valence-corrected chi connectivity index (χ4v) is 3.97. The predicted molar refractivity (Wildman–Crippen MR) is 111 cm³/mol. The number of phenolic OH excluding ortho intramolecular Hbond substituents is 1. The molecule has 1 fully saturated rings. The van der Waals surface area contributed by atoms with E-state index in [2.05, 4.69) is 14.9 Å². The van der Waals surface area contributed by atoms with E-state index in [0.29, 0.717) is 46.4 Å². The number of nitrogens with one attached hydrogen (secondary N) is 1. The van der Waals surface area contributed by atoms with Crippen LogP contribution in [0.3, 0.4) is 0 Å². The van der Waals surface area contributed by atoms with E-state index in [4.69, 9.17) is 9.47 Å². The van der Waals surface area contributed by atoms with E-state index in [1.165, 1.54) is 5.56 Å². The van der Waals surface area contributed by atoms with Gasteiger partial charge in [0, 0.05) is 6.07 Å². The van der Waals surface area contributed by atoms with Crippen molar-refractivity contribution in [3.05, 3.63) is 58.1 Å². The van der Waals surface area contributed by atoms with Crippen LogP contribution in [0.4, 0.5) is 0 Å². The standard InChI is InChI=1S/C22H25N3O4/c1-28-19-11-17-18(12-20(19)29-2)23-21(24-22(17)27)13-25-9-7-15(8-10-25)14-3-5-16(26)6-4-14/h3-6,11-12,15,26H,7-10,13H2,1-2H3,(H,23,24,27). The third-order valence-electron chi connectivity index (χ3n) is 5.59. The van der Waals surface area contributed by atoms with Crippen LogP contribution in [0.5, 0.6) is 17.2 Å². The zero-order chi connectivity index (χ0) is 20.4. The van der Waals surface area contributed by atoms with Crippen LogP contribution in [0, 0.1) is 0 Å². The summed E-state index contributed by atoms with van der Waals surface area (Å²) in [7, 11) is 3.11. The van der Waals surface area contributed by atoms with E-state index in [9.17, 15) is 9.90 Å².